The van der Waals surface area contributed by atoms with E-state index in [1.54, 1.807) is 12.1 Å². The van der Waals surface area contributed by atoms with Crippen LogP contribution in [0.15, 0.2) is 24.3 Å². The van der Waals surface area contributed by atoms with Gasteiger partial charge in [-0.25, -0.2) is 4.79 Å². The molecule has 0 saturated carbocycles. The summed E-state index contributed by atoms with van der Waals surface area (Å²) in [7, 11) is 0. The fourth-order valence-electron chi connectivity index (χ4n) is 3.75. The van der Waals surface area contributed by atoms with Gasteiger partial charge in [0.2, 0.25) is 0 Å². The molecule has 0 aromatic heterocycles. The van der Waals surface area contributed by atoms with Crippen molar-refractivity contribution in [2.24, 2.45) is 11.8 Å². The molecule has 1 aliphatic rings. The molecule has 2 rings (SSSR count). The Hall–Kier alpha value is -1.39. The minimum Gasteiger partial charge on any atom is -0.478 e. The predicted molar refractivity (Wildman–Crippen MR) is 103 cm³/mol. The molecule has 1 saturated heterocycles. The van der Waals surface area contributed by atoms with Crippen LogP contribution in [0, 0.1) is 11.8 Å². The topological polar surface area (TPSA) is 43.8 Å². The molecule has 0 amide bonds. The zero-order valence-electron chi connectivity index (χ0n) is 16.1. The minimum atomic E-state index is -0.845. The number of likely N-dealkylation sites (tertiary alicyclic amines) is 1. The third-order valence-corrected chi connectivity index (χ3v) is 5.21. The second-order valence-corrected chi connectivity index (χ2v) is 7.80. The molecule has 140 valence electrons. The summed E-state index contributed by atoms with van der Waals surface area (Å²) in [6.45, 7) is 13.5. The van der Waals surface area contributed by atoms with Crippen LogP contribution in [0.3, 0.4) is 0 Å². The highest BCUT2D eigenvalue weighted by atomic mass is 16.4. The maximum Gasteiger partial charge on any atom is 0.335 e. The third kappa shape index (κ3) is 6.79. The monoisotopic (exact) mass is 346 g/mol. The van der Waals surface area contributed by atoms with Gasteiger partial charge in [-0.2, -0.15) is 0 Å². The highest BCUT2D eigenvalue weighted by Crippen LogP contribution is 2.22. The lowest BCUT2D eigenvalue weighted by Gasteiger charge is -2.33. The summed E-state index contributed by atoms with van der Waals surface area (Å²) >= 11 is 0. The zero-order valence-corrected chi connectivity index (χ0v) is 16.1. The van der Waals surface area contributed by atoms with E-state index in [4.69, 9.17) is 5.11 Å². The molecule has 0 unspecified atom stereocenters. The van der Waals surface area contributed by atoms with Gasteiger partial charge in [-0.1, -0.05) is 32.9 Å². The number of nitrogens with zero attached hydrogens (tertiary/aromatic N) is 2. The zero-order chi connectivity index (χ0) is 18.2. The lowest BCUT2D eigenvalue weighted by atomic mass is 9.93. The van der Waals surface area contributed by atoms with Crippen LogP contribution in [0.1, 0.15) is 56.0 Å². The Morgan fingerprint density at radius 3 is 2.64 bits per heavy atom. The van der Waals surface area contributed by atoms with Crippen molar-refractivity contribution in [1.29, 1.82) is 0 Å². The predicted octanol–water partition coefficient (Wildman–Crippen LogP) is 3.96. The number of carbonyl (C=O) groups is 1. The molecule has 0 spiro atoms. The van der Waals surface area contributed by atoms with Crippen molar-refractivity contribution in [3.63, 3.8) is 0 Å². The van der Waals surface area contributed by atoms with Crippen molar-refractivity contribution in [2.75, 3.05) is 32.7 Å². The van der Waals surface area contributed by atoms with Crippen LogP contribution < -0.4 is 0 Å². The fourth-order valence-corrected chi connectivity index (χ4v) is 3.75. The molecular formula is C21H34N2O2. The molecule has 1 aromatic carbocycles. The first-order chi connectivity index (χ1) is 12.0. The van der Waals surface area contributed by atoms with E-state index >= 15 is 0 Å². The van der Waals surface area contributed by atoms with E-state index in [1.807, 2.05) is 12.1 Å². The number of hydrogen-bond acceptors (Lipinski definition) is 3. The molecule has 1 aromatic rings. The number of piperidine rings is 1. The smallest absolute Gasteiger partial charge is 0.335 e. The summed E-state index contributed by atoms with van der Waals surface area (Å²) in [5.74, 6) is 0.730. The summed E-state index contributed by atoms with van der Waals surface area (Å²) in [5.41, 5.74) is 1.49. The van der Waals surface area contributed by atoms with Crippen LogP contribution in [-0.2, 0) is 6.54 Å². The summed E-state index contributed by atoms with van der Waals surface area (Å²) in [5, 5.41) is 9.11. The largest absolute Gasteiger partial charge is 0.478 e. The van der Waals surface area contributed by atoms with E-state index in [-0.39, 0.29) is 0 Å². The van der Waals surface area contributed by atoms with Gasteiger partial charge in [-0.15, -0.1) is 0 Å². The van der Waals surface area contributed by atoms with Gasteiger partial charge in [-0.3, -0.25) is 4.90 Å². The maximum absolute atomic E-state index is 11.1. The highest BCUT2D eigenvalue weighted by molar-refractivity contribution is 5.87. The van der Waals surface area contributed by atoms with Crippen LogP contribution in [0.2, 0.25) is 0 Å². The van der Waals surface area contributed by atoms with E-state index in [9.17, 15) is 4.79 Å². The molecule has 4 heteroatoms. The third-order valence-electron chi connectivity index (χ3n) is 5.21. The molecule has 0 radical (unpaired) electrons. The van der Waals surface area contributed by atoms with Crippen LogP contribution in [0.5, 0.6) is 0 Å². The van der Waals surface area contributed by atoms with Crippen molar-refractivity contribution >= 4 is 5.97 Å². The van der Waals surface area contributed by atoms with Crippen LogP contribution in [-0.4, -0.2) is 53.6 Å². The molecule has 0 atom stereocenters. The number of hydrogen-bond donors (Lipinski definition) is 1. The molecule has 0 bridgehead atoms. The fraction of sp³-hybridized carbons (Fsp3) is 0.667. The maximum atomic E-state index is 11.1. The van der Waals surface area contributed by atoms with Gasteiger partial charge in [-0.05, 0) is 75.0 Å². The Morgan fingerprint density at radius 1 is 1.32 bits per heavy atom. The summed E-state index contributed by atoms with van der Waals surface area (Å²) < 4.78 is 0. The molecule has 4 nitrogen and oxygen atoms in total. The quantitative estimate of drug-likeness (QED) is 0.735. The van der Waals surface area contributed by atoms with Crippen LogP contribution in [0.25, 0.3) is 0 Å². The Kier molecular flexibility index (Phi) is 7.91. The Bertz CT molecular complexity index is 536. The molecule has 1 fully saturated rings. The van der Waals surface area contributed by atoms with Crippen molar-refractivity contribution in [3.8, 4) is 0 Å². The summed E-state index contributed by atoms with van der Waals surface area (Å²) in [6, 6.07) is 7.34. The van der Waals surface area contributed by atoms with E-state index < -0.39 is 5.97 Å². The van der Waals surface area contributed by atoms with Gasteiger partial charge in [0.25, 0.3) is 0 Å². The SMILES string of the molecule is CCN(CCC1CCN(Cc2cccc(C(=O)O)c2)CC1)CC(C)C. The first-order valence-electron chi connectivity index (χ1n) is 9.74. The lowest BCUT2D eigenvalue weighted by molar-refractivity contribution is 0.0696. The normalized spacial score (nSPS) is 16.7. The number of carboxylic acids is 1. The first-order valence-corrected chi connectivity index (χ1v) is 9.74. The summed E-state index contributed by atoms with van der Waals surface area (Å²) in [4.78, 5) is 16.1. The van der Waals surface area contributed by atoms with E-state index in [0.29, 0.717) is 5.56 Å². The summed E-state index contributed by atoms with van der Waals surface area (Å²) in [6.07, 6.45) is 3.83. The van der Waals surface area contributed by atoms with Crippen molar-refractivity contribution in [3.05, 3.63) is 35.4 Å². The van der Waals surface area contributed by atoms with E-state index in [1.165, 1.54) is 32.4 Å². The molecule has 0 aliphatic carbocycles. The van der Waals surface area contributed by atoms with Crippen LogP contribution >= 0.6 is 0 Å². The van der Waals surface area contributed by atoms with Crippen molar-refractivity contribution < 1.29 is 9.90 Å². The molecule has 1 N–H and O–H groups in total. The average Bonchev–Trinajstić information content (AvgIpc) is 2.59. The number of carboxylic acid groups (broad SMARTS) is 1. The van der Waals surface area contributed by atoms with Gasteiger partial charge < -0.3 is 10.0 Å². The molecule has 1 aliphatic heterocycles. The van der Waals surface area contributed by atoms with Gasteiger partial charge in [0.15, 0.2) is 0 Å². The second kappa shape index (κ2) is 9.93. The van der Waals surface area contributed by atoms with Crippen molar-refractivity contribution in [2.45, 2.75) is 46.6 Å². The van der Waals surface area contributed by atoms with Gasteiger partial charge in [0.1, 0.15) is 0 Å². The van der Waals surface area contributed by atoms with Crippen molar-refractivity contribution in [1.82, 2.24) is 9.80 Å². The number of aromatic carboxylic acids is 1. The number of rotatable bonds is 9. The average molecular weight is 347 g/mol. The number of benzene rings is 1. The van der Waals surface area contributed by atoms with Gasteiger partial charge >= 0.3 is 5.97 Å². The Labute approximate surface area is 152 Å². The molecule has 25 heavy (non-hydrogen) atoms. The molecular weight excluding hydrogens is 312 g/mol. The first kappa shape index (κ1) is 19.9. The minimum absolute atomic E-state index is 0.386. The van der Waals surface area contributed by atoms with E-state index in [0.717, 1.165) is 43.6 Å². The second-order valence-electron chi connectivity index (χ2n) is 7.80. The lowest BCUT2D eigenvalue weighted by Crippen LogP contribution is -2.35. The van der Waals surface area contributed by atoms with Gasteiger partial charge in [0, 0.05) is 13.1 Å². The molecule has 1 heterocycles. The highest BCUT2D eigenvalue weighted by Gasteiger charge is 2.20. The van der Waals surface area contributed by atoms with E-state index in [2.05, 4.69) is 30.6 Å². The van der Waals surface area contributed by atoms with Crippen LogP contribution in [0.4, 0.5) is 0 Å². The Morgan fingerprint density at radius 2 is 2.04 bits per heavy atom. The Balaban J connectivity index is 1.74. The standard InChI is InChI=1S/C21H34N2O2/c1-4-22(15-17(2)3)11-8-18-9-12-23(13-10-18)16-19-6-5-7-20(14-19)21(24)25/h5-7,14,17-18H,4,8-13,15-16H2,1-3H3,(H,24,25). The van der Waals surface area contributed by atoms with Gasteiger partial charge in [0.05, 0.1) is 5.56 Å².